The SMILES string of the molecule is CN=C(NCCCc1nc(C(C)C)no1)NCc1cc(F)ccc1F.I. The van der Waals surface area contributed by atoms with Crippen molar-refractivity contribution in [3.63, 3.8) is 0 Å². The number of aryl methyl sites for hydroxylation is 1. The summed E-state index contributed by atoms with van der Waals surface area (Å²) < 4.78 is 31.9. The van der Waals surface area contributed by atoms with E-state index < -0.39 is 11.6 Å². The maximum atomic E-state index is 13.6. The fraction of sp³-hybridized carbons (Fsp3) is 0.471. The summed E-state index contributed by atoms with van der Waals surface area (Å²) in [5, 5.41) is 9.97. The summed E-state index contributed by atoms with van der Waals surface area (Å²) in [4.78, 5) is 8.37. The molecule has 1 aromatic carbocycles. The lowest BCUT2D eigenvalue weighted by Crippen LogP contribution is -2.37. The third-order valence-corrected chi connectivity index (χ3v) is 3.54. The second-order valence-corrected chi connectivity index (χ2v) is 5.89. The van der Waals surface area contributed by atoms with Crippen LogP contribution >= 0.6 is 24.0 Å². The lowest BCUT2D eigenvalue weighted by atomic mass is 10.2. The van der Waals surface area contributed by atoms with Crippen LogP contribution in [0.1, 0.15) is 43.5 Å². The molecule has 0 aliphatic heterocycles. The Bertz CT molecular complexity index is 721. The second-order valence-electron chi connectivity index (χ2n) is 5.89. The summed E-state index contributed by atoms with van der Waals surface area (Å²) >= 11 is 0. The topological polar surface area (TPSA) is 75.3 Å². The molecule has 2 N–H and O–H groups in total. The van der Waals surface area contributed by atoms with Gasteiger partial charge >= 0.3 is 0 Å². The number of hydrogen-bond acceptors (Lipinski definition) is 4. The fourth-order valence-corrected chi connectivity index (χ4v) is 2.13. The van der Waals surface area contributed by atoms with Crippen molar-refractivity contribution in [1.82, 2.24) is 20.8 Å². The molecule has 9 heteroatoms. The highest BCUT2D eigenvalue weighted by atomic mass is 127. The van der Waals surface area contributed by atoms with E-state index in [-0.39, 0.29) is 42.0 Å². The van der Waals surface area contributed by atoms with Crippen LogP contribution in [0.5, 0.6) is 0 Å². The van der Waals surface area contributed by atoms with Crippen LogP contribution in [0.4, 0.5) is 8.78 Å². The number of nitrogens with zero attached hydrogens (tertiary/aromatic N) is 3. The molecule has 1 heterocycles. The maximum Gasteiger partial charge on any atom is 0.226 e. The summed E-state index contributed by atoms with van der Waals surface area (Å²) in [6.45, 7) is 4.79. The Labute approximate surface area is 168 Å². The number of guanidine groups is 1. The Balaban J connectivity index is 0.00000338. The van der Waals surface area contributed by atoms with Crippen molar-refractivity contribution in [2.75, 3.05) is 13.6 Å². The highest BCUT2D eigenvalue weighted by Crippen LogP contribution is 2.10. The first kappa shape index (κ1) is 22.3. The molecule has 0 amide bonds. The van der Waals surface area contributed by atoms with Gasteiger partial charge in [0.2, 0.25) is 5.89 Å². The quantitative estimate of drug-likeness (QED) is 0.276. The Kier molecular flexibility index (Phi) is 9.46. The maximum absolute atomic E-state index is 13.6. The number of nitrogens with one attached hydrogen (secondary N) is 2. The van der Waals surface area contributed by atoms with E-state index in [4.69, 9.17) is 4.52 Å². The van der Waals surface area contributed by atoms with Crippen molar-refractivity contribution in [3.8, 4) is 0 Å². The molecule has 0 saturated carbocycles. The molecule has 0 aliphatic rings. The van der Waals surface area contributed by atoms with Crippen molar-refractivity contribution in [2.45, 2.75) is 39.2 Å². The normalized spacial score (nSPS) is 11.4. The van der Waals surface area contributed by atoms with Gasteiger partial charge in [0.05, 0.1) is 0 Å². The molecule has 0 unspecified atom stereocenters. The molecule has 0 spiro atoms. The first-order chi connectivity index (χ1) is 12.0. The highest BCUT2D eigenvalue weighted by Gasteiger charge is 2.09. The van der Waals surface area contributed by atoms with E-state index in [1.165, 1.54) is 0 Å². The molecule has 2 aromatic rings. The molecule has 0 bridgehead atoms. The molecule has 144 valence electrons. The van der Waals surface area contributed by atoms with Crippen molar-refractivity contribution >= 4 is 29.9 Å². The number of aliphatic imine (C=N–C) groups is 1. The average molecular weight is 479 g/mol. The van der Waals surface area contributed by atoms with Crippen molar-refractivity contribution in [2.24, 2.45) is 4.99 Å². The van der Waals surface area contributed by atoms with Gasteiger partial charge in [-0.2, -0.15) is 4.98 Å². The van der Waals surface area contributed by atoms with Crippen molar-refractivity contribution < 1.29 is 13.3 Å². The summed E-state index contributed by atoms with van der Waals surface area (Å²) in [5.74, 6) is 1.13. The summed E-state index contributed by atoms with van der Waals surface area (Å²) in [7, 11) is 1.62. The Morgan fingerprint density at radius 3 is 2.69 bits per heavy atom. The average Bonchev–Trinajstić information content (AvgIpc) is 3.06. The van der Waals surface area contributed by atoms with Gasteiger partial charge in [-0.3, -0.25) is 4.99 Å². The Morgan fingerprint density at radius 1 is 1.27 bits per heavy atom. The van der Waals surface area contributed by atoms with Crippen LogP contribution in [0.2, 0.25) is 0 Å². The highest BCUT2D eigenvalue weighted by molar-refractivity contribution is 14.0. The lowest BCUT2D eigenvalue weighted by molar-refractivity contribution is 0.368. The van der Waals surface area contributed by atoms with Crippen LogP contribution in [-0.2, 0) is 13.0 Å². The van der Waals surface area contributed by atoms with Gasteiger partial charge in [0, 0.05) is 38.0 Å². The second kappa shape index (κ2) is 11.0. The predicted octanol–water partition coefficient (Wildman–Crippen LogP) is 3.39. The van der Waals surface area contributed by atoms with E-state index in [0.29, 0.717) is 30.6 Å². The molecule has 1 aromatic heterocycles. The van der Waals surface area contributed by atoms with Crippen LogP contribution in [0, 0.1) is 11.6 Å². The van der Waals surface area contributed by atoms with Gasteiger partial charge in [0.15, 0.2) is 11.8 Å². The van der Waals surface area contributed by atoms with E-state index >= 15 is 0 Å². The Morgan fingerprint density at radius 2 is 2.04 bits per heavy atom. The van der Waals surface area contributed by atoms with E-state index in [1.807, 2.05) is 13.8 Å². The van der Waals surface area contributed by atoms with E-state index in [1.54, 1.807) is 7.05 Å². The monoisotopic (exact) mass is 479 g/mol. The van der Waals surface area contributed by atoms with Gasteiger partial charge in [-0.1, -0.05) is 19.0 Å². The minimum atomic E-state index is -0.471. The summed E-state index contributed by atoms with van der Waals surface area (Å²) in [6.07, 6.45) is 1.43. The molecule has 2 rings (SSSR count). The molecule has 0 fully saturated rings. The van der Waals surface area contributed by atoms with E-state index in [0.717, 1.165) is 24.6 Å². The molecule has 0 saturated heterocycles. The molecular weight excluding hydrogens is 455 g/mol. The zero-order valence-electron chi connectivity index (χ0n) is 15.1. The lowest BCUT2D eigenvalue weighted by Gasteiger charge is -2.12. The Hall–Kier alpha value is -1.78. The third-order valence-electron chi connectivity index (χ3n) is 3.54. The largest absolute Gasteiger partial charge is 0.356 e. The molecule has 26 heavy (non-hydrogen) atoms. The van der Waals surface area contributed by atoms with E-state index in [2.05, 4.69) is 25.8 Å². The molecule has 0 aliphatic carbocycles. The predicted molar refractivity (Wildman–Crippen MR) is 107 cm³/mol. The number of benzene rings is 1. The van der Waals surface area contributed by atoms with Gasteiger partial charge in [-0.25, -0.2) is 8.78 Å². The van der Waals surface area contributed by atoms with Crippen LogP contribution < -0.4 is 10.6 Å². The zero-order chi connectivity index (χ0) is 18.2. The minimum Gasteiger partial charge on any atom is -0.356 e. The number of hydrogen-bond donors (Lipinski definition) is 2. The van der Waals surface area contributed by atoms with Crippen molar-refractivity contribution in [1.29, 1.82) is 0 Å². The standard InChI is InChI=1S/C17H23F2N5O.HI/c1-11(2)16-23-15(25-24-16)5-4-8-21-17(20-3)22-10-12-9-13(18)6-7-14(12)19;/h6-7,9,11H,4-5,8,10H2,1-3H3,(H2,20,21,22);1H. The van der Waals surface area contributed by atoms with Gasteiger partial charge in [0.25, 0.3) is 0 Å². The first-order valence-electron chi connectivity index (χ1n) is 8.20. The smallest absolute Gasteiger partial charge is 0.226 e. The van der Waals surface area contributed by atoms with Crippen LogP contribution in [0.25, 0.3) is 0 Å². The van der Waals surface area contributed by atoms with Crippen molar-refractivity contribution in [3.05, 3.63) is 47.1 Å². The minimum absolute atomic E-state index is 0. The number of aromatic nitrogens is 2. The molecule has 0 radical (unpaired) electrons. The molecular formula is C17H24F2IN5O. The van der Waals surface area contributed by atoms with Gasteiger partial charge < -0.3 is 15.2 Å². The third kappa shape index (κ3) is 6.85. The molecule has 6 nitrogen and oxygen atoms in total. The summed E-state index contributed by atoms with van der Waals surface area (Å²) in [6, 6.07) is 3.37. The number of halogens is 3. The van der Waals surface area contributed by atoms with Crippen LogP contribution in [0.15, 0.2) is 27.7 Å². The summed E-state index contributed by atoms with van der Waals surface area (Å²) in [5.41, 5.74) is 0.245. The fourth-order valence-electron chi connectivity index (χ4n) is 2.13. The zero-order valence-corrected chi connectivity index (χ0v) is 17.4. The number of rotatable bonds is 7. The molecule has 0 atom stereocenters. The van der Waals surface area contributed by atoms with Gasteiger partial charge in [-0.05, 0) is 24.6 Å². The van der Waals surface area contributed by atoms with E-state index in [9.17, 15) is 8.78 Å². The van der Waals surface area contributed by atoms with Gasteiger partial charge in [-0.15, -0.1) is 24.0 Å². The van der Waals surface area contributed by atoms with Crippen LogP contribution in [-0.4, -0.2) is 29.7 Å². The van der Waals surface area contributed by atoms with Crippen LogP contribution in [0.3, 0.4) is 0 Å². The van der Waals surface area contributed by atoms with Gasteiger partial charge in [0.1, 0.15) is 11.6 Å². The first-order valence-corrected chi connectivity index (χ1v) is 8.20.